The Kier molecular flexibility index (Phi) is 6.52. The van der Waals surface area contributed by atoms with Crippen molar-refractivity contribution in [2.75, 3.05) is 6.54 Å². The Labute approximate surface area is 187 Å². The molecule has 1 aromatic carbocycles. The van der Waals surface area contributed by atoms with Gasteiger partial charge in [0.25, 0.3) is 0 Å². The third-order valence-electron chi connectivity index (χ3n) is 7.23. The van der Waals surface area contributed by atoms with E-state index in [4.69, 9.17) is 10.7 Å². The number of nitrogens with zero attached hydrogens (tertiary/aromatic N) is 3. The minimum absolute atomic E-state index is 0.0114. The van der Waals surface area contributed by atoms with Crippen LogP contribution in [0, 0.1) is 11.8 Å². The van der Waals surface area contributed by atoms with E-state index in [1.54, 1.807) is 0 Å². The smallest absolute Gasteiger partial charge is 0.240 e. The molecule has 2 N–H and O–H groups in total. The number of fused-ring (bicyclic) bond motifs is 2. The molecule has 0 saturated carbocycles. The number of hydrogen-bond donors (Lipinski definition) is 1. The van der Waals surface area contributed by atoms with Crippen molar-refractivity contribution in [1.82, 2.24) is 14.5 Å². The Bertz CT molecular complexity index is 931. The van der Waals surface area contributed by atoms with E-state index in [0.717, 1.165) is 30.9 Å². The van der Waals surface area contributed by atoms with Gasteiger partial charge in [0.1, 0.15) is 5.82 Å². The highest BCUT2D eigenvalue weighted by Crippen LogP contribution is 2.34. The molecule has 0 bridgehead atoms. The van der Waals surface area contributed by atoms with Crippen LogP contribution in [0.2, 0.25) is 0 Å². The van der Waals surface area contributed by atoms with Crippen LogP contribution in [0.3, 0.4) is 0 Å². The molecule has 2 heterocycles. The van der Waals surface area contributed by atoms with Gasteiger partial charge in [0.15, 0.2) is 0 Å². The second-order valence-electron chi connectivity index (χ2n) is 9.96. The molecule has 2 aromatic rings. The summed E-state index contributed by atoms with van der Waals surface area (Å²) in [5.41, 5.74) is 11.5. The molecule has 168 valence electrons. The maximum Gasteiger partial charge on any atom is 0.240 e. The van der Waals surface area contributed by atoms with Crippen LogP contribution in [0.4, 0.5) is 0 Å². The molecule has 1 aromatic heterocycles. The zero-order valence-electron chi connectivity index (χ0n) is 19.6. The predicted molar refractivity (Wildman–Crippen MR) is 126 cm³/mol. The van der Waals surface area contributed by atoms with Crippen molar-refractivity contribution in [2.24, 2.45) is 17.6 Å². The number of imidazole rings is 1. The molecule has 0 spiro atoms. The molecule has 2 aliphatic rings. The Morgan fingerprint density at radius 1 is 1.16 bits per heavy atom. The average Bonchev–Trinajstić information content (AvgIpc) is 3.22. The van der Waals surface area contributed by atoms with Gasteiger partial charge in [-0.05, 0) is 61.1 Å². The minimum atomic E-state index is -0.443. The molecule has 1 amide bonds. The Balaban J connectivity index is 1.65. The summed E-state index contributed by atoms with van der Waals surface area (Å²) in [6.07, 6.45) is 8.93. The first-order valence-corrected chi connectivity index (χ1v) is 12.1. The molecule has 5 nitrogen and oxygen atoms in total. The number of benzene rings is 1. The summed E-state index contributed by atoms with van der Waals surface area (Å²) in [5.74, 6) is 1.73. The lowest BCUT2D eigenvalue weighted by molar-refractivity contribution is -0.138. The highest BCUT2D eigenvalue weighted by atomic mass is 16.2. The first kappa shape index (κ1) is 22.1. The number of amides is 1. The van der Waals surface area contributed by atoms with Gasteiger partial charge in [0, 0.05) is 24.8 Å². The molecule has 31 heavy (non-hydrogen) atoms. The van der Waals surface area contributed by atoms with Crippen molar-refractivity contribution in [3.63, 3.8) is 0 Å². The molecular formula is C26H38N4O. The standard InChI is InChI=1S/C26H38N4O/c1-5-18(4)24(27)26(31)30-13-12-29-16-22(28-25(29)23(30)14-17(2)3)21-11-10-19-8-6-7-9-20(19)15-21/h10-11,15-18,23-24H,5-9,12-14,27H2,1-4H3/t18-,23+,24-/m0/s1. The van der Waals surface area contributed by atoms with Crippen LogP contribution in [0.1, 0.15) is 76.4 Å². The van der Waals surface area contributed by atoms with Gasteiger partial charge in [-0.25, -0.2) is 4.98 Å². The molecule has 0 unspecified atom stereocenters. The molecule has 0 radical (unpaired) electrons. The zero-order chi connectivity index (χ0) is 22.1. The summed E-state index contributed by atoms with van der Waals surface area (Å²) in [5, 5.41) is 0. The molecular weight excluding hydrogens is 384 g/mol. The van der Waals surface area contributed by atoms with E-state index in [1.165, 1.54) is 42.4 Å². The van der Waals surface area contributed by atoms with Gasteiger partial charge in [0.05, 0.1) is 17.8 Å². The van der Waals surface area contributed by atoms with E-state index in [0.29, 0.717) is 12.5 Å². The number of carbonyl (C=O) groups excluding carboxylic acids is 1. The summed E-state index contributed by atoms with van der Waals surface area (Å²) < 4.78 is 2.26. The van der Waals surface area contributed by atoms with Crippen LogP contribution in [0.25, 0.3) is 11.3 Å². The summed E-state index contributed by atoms with van der Waals surface area (Å²) >= 11 is 0. The van der Waals surface area contributed by atoms with Crippen LogP contribution in [0.5, 0.6) is 0 Å². The number of carbonyl (C=O) groups is 1. The van der Waals surface area contributed by atoms with E-state index in [2.05, 4.69) is 56.7 Å². The summed E-state index contributed by atoms with van der Waals surface area (Å²) in [4.78, 5) is 20.4. The van der Waals surface area contributed by atoms with E-state index in [-0.39, 0.29) is 17.9 Å². The Morgan fingerprint density at radius 2 is 1.90 bits per heavy atom. The second-order valence-corrected chi connectivity index (χ2v) is 9.96. The van der Waals surface area contributed by atoms with Gasteiger partial charge in [-0.15, -0.1) is 0 Å². The topological polar surface area (TPSA) is 64.2 Å². The van der Waals surface area contributed by atoms with E-state index in [1.807, 2.05) is 4.90 Å². The molecule has 1 aliphatic carbocycles. The number of nitrogens with two attached hydrogens (primary N) is 1. The largest absolute Gasteiger partial charge is 0.331 e. The maximum absolute atomic E-state index is 13.3. The van der Waals surface area contributed by atoms with E-state index < -0.39 is 6.04 Å². The number of hydrogen-bond acceptors (Lipinski definition) is 3. The second kappa shape index (κ2) is 9.15. The highest BCUT2D eigenvalue weighted by molar-refractivity contribution is 5.82. The fraction of sp³-hybridized carbons (Fsp3) is 0.615. The maximum atomic E-state index is 13.3. The van der Waals surface area contributed by atoms with E-state index >= 15 is 0 Å². The quantitative estimate of drug-likeness (QED) is 0.732. The number of aryl methyl sites for hydroxylation is 2. The predicted octanol–water partition coefficient (Wildman–Crippen LogP) is 4.73. The summed E-state index contributed by atoms with van der Waals surface area (Å²) in [6.45, 7) is 10.1. The van der Waals surface area contributed by atoms with Gasteiger partial charge < -0.3 is 15.2 Å². The van der Waals surface area contributed by atoms with Crippen molar-refractivity contribution in [3.05, 3.63) is 41.3 Å². The highest BCUT2D eigenvalue weighted by Gasteiger charge is 2.36. The van der Waals surface area contributed by atoms with Crippen LogP contribution >= 0.6 is 0 Å². The fourth-order valence-corrected chi connectivity index (χ4v) is 5.05. The van der Waals surface area contributed by atoms with Gasteiger partial charge >= 0.3 is 0 Å². The summed E-state index contributed by atoms with van der Waals surface area (Å²) in [6, 6.07) is 6.39. The van der Waals surface area contributed by atoms with Crippen molar-refractivity contribution < 1.29 is 4.79 Å². The third kappa shape index (κ3) is 4.43. The Morgan fingerprint density at radius 3 is 2.61 bits per heavy atom. The molecule has 1 aliphatic heterocycles. The van der Waals surface area contributed by atoms with Crippen LogP contribution < -0.4 is 5.73 Å². The monoisotopic (exact) mass is 422 g/mol. The van der Waals surface area contributed by atoms with E-state index in [9.17, 15) is 4.79 Å². The molecule has 5 heteroatoms. The van der Waals surface area contributed by atoms with Crippen LogP contribution in [-0.2, 0) is 24.2 Å². The lowest BCUT2D eigenvalue weighted by Gasteiger charge is -2.39. The summed E-state index contributed by atoms with van der Waals surface area (Å²) in [7, 11) is 0. The number of aromatic nitrogens is 2. The van der Waals surface area contributed by atoms with Crippen molar-refractivity contribution in [1.29, 1.82) is 0 Å². The van der Waals surface area contributed by atoms with Gasteiger partial charge in [-0.1, -0.05) is 46.2 Å². The van der Waals surface area contributed by atoms with Crippen molar-refractivity contribution >= 4 is 5.91 Å². The third-order valence-corrected chi connectivity index (χ3v) is 7.23. The van der Waals surface area contributed by atoms with Crippen molar-refractivity contribution in [2.45, 2.75) is 84.8 Å². The SMILES string of the molecule is CC[C@H](C)[C@H](N)C(=O)N1CCn2cc(-c3ccc4c(c3)CCCC4)nc2[C@H]1CC(C)C. The Hall–Kier alpha value is -2.14. The molecule has 0 fully saturated rings. The lowest BCUT2D eigenvalue weighted by Crippen LogP contribution is -2.51. The van der Waals surface area contributed by atoms with Crippen molar-refractivity contribution in [3.8, 4) is 11.3 Å². The molecule has 0 saturated heterocycles. The van der Waals surface area contributed by atoms with Crippen LogP contribution in [-0.4, -0.2) is 32.9 Å². The average molecular weight is 423 g/mol. The first-order chi connectivity index (χ1) is 14.9. The number of rotatable bonds is 6. The first-order valence-electron chi connectivity index (χ1n) is 12.1. The van der Waals surface area contributed by atoms with Gasteiger partial charge in [-0.3, -0.25) is 4.79 Å². The molecule has 4 rings (SSSR count). The fourth-order valence-electron chi connectivity index (χ4n) is 5.05. The van der Waals surface area contributed by atoms with Gasteiger partial charge in [0.2, 0.25) is 5.91 Å². The van der Waals surface area contributed by atoms with Crippen LogP contribution in [0.15, 0.2) is 24.4 Å². The molecule has 3 atom stereocenters. The lowest BCUT2D eigenvalue weighted by atomic mass is 9.90. The normalized spacial score (nSPS) is 20.3. The zero-order valence-corrected chi connectivity index (χ0v) is 19.6. The minimum Gasteiger partial charge on any atom is -0.331 e. The van der Waals surface area contributed by atoms with Gasteiger partial charge in [-0.2, -0.15) is 0 Å².